The first kappa shape index (κ1) is 17.8. The highest BCUT2D eigenvalue weighted by Crippen LogP contribution is 2.18. The largest absolute Gasteiger partial charge is 0.480 e. The summed E-state index contributed by atoms with van der Waals surface area (Å²) in [6.45, 7) is 1.99. The van der Waals surface area contributed by atoms with E-state index in [4.69, 9.17) is 5.11 Å². The molecule has 2 amide bonds. The highest BCUT2D eigenvalue weighted by molar-refractivity contribution is 5.98. The number of rotatable bonds is 5. The van der Waals surface area contributed by atoms with Crippen LogP contribution in [0.3, 0.4) is 0 Å². The van der Waals surface area contributed by atoms with Gasteiger partial charge >= 0.3 is 5.97 Å². The monoisotopic (exact) mass is 333 g/mol. The highest BCUT2D eigenvalue weighted by atomic mass is 16.4. The number of hydrogen-bond donors (Lipinski definition) is 2. The molecule has 7 nitrogen and oxygen atoms in total. The van der Waals surface area contributed by atoms with E-state index < -0.39 is 18.1 Å². The van der Waals surface area contributed by atoms with Gasteiger partial charge in [0.2, 0.25) is 5.91 Å². The van der Waals surface area contributed by atoms with E-state index in [1.807, 2.05) is 31.1 Å². The van der Waals surface area contributed by atoms with Crippen molar-refractivity contribution >= 4 is 23.5 Å². The Morgan fingerprint density at radius 1 is 1.25 bits per heavy atom. The van der Waals surface area contributed by atoms with Gasteiger partial charge in [-0.25, -0.2) is 4.79 Å². The van der Waals surface area contributed by atoms with E-state index in [-0.39, 0.29) is 11.8 Å². The van der Waals surface area contributed by atoms with E-state index in [2.05, 4.69) is 5.32 Å². The summed E-state index contributed by atoms with van der Waals surface area (Å²) in [7, 11) is 3.81. The topological polar surface area (TPSA) is 90.0 Å². The number of carboxylic acids is 1. The number of nitrogens with one attached hydrogen (secondary N) is 1. The second-order valence-electron chi connectivity index (χ2n) is 6.16. The Bertz CT molecular complexity index is 627. The van der Waals surface area contributed by atoms with Crippen molar-refractivity contribution < 1.29 is 19.5 Å². The first-order chi connectivity index (χ1) is 11.3. The molecule has 2 unspecified atom stereocenters. The van der Waals surface area contributed by atoms with Crippen LogP contribution in [0.4, 0.5) is 5.69 Å². The molecule has 2 rings (SSSR count). The van der Waals surface area contributed by atoms with E-state index in [1.54, 1.807) is 19.1 Å². The molecule has 1 aromatic rings. The highest BCUT2D eigenvalue weighted by Gasteiger charge is 2.36. The maximum Gasteiger partial charge on any atom is 0.326 e. The van der Waals surface area contributed by atoms with Crippen LogP contribution in [0.15, 0.2) is 24.3 Å². The van der Waals surface area contributed by atoms with Gasteiger partial charge in [0, 0.05) is 31.9 Å². The lowest BCUT2D eigenvalue weighted by Gasteiger charge is -2.25. The summed E-state index contributed by atoms with van der Waals surface area (Å²) in [5, 5.41) is 11.8. The van der Waals surface area contributed by atoms with E-state index in [1.165, 1.54) is 4.90 Å². The van der Waals surface area contributed by atoms with Gasteiger partial charge in [-0.2, -0.15) is 0 Å². The standard InChI is InChI=1S/C17H23N3O4/c1-11(16(22)20-10-4-5-14(20)17(23)24)18-15(21)12-6-8-13(9-7-12)19(2)3/h6-9,11,14H,4-5,10H2,1-3H3,(H,18,21)(H,23,24). The number of carboxylic acid groups (broad SMARTS) is 1. The van der Waals surface area contributed by atoms with Gasteiger partial charge in [-0.05, 0) is 44.0 Å². The number of anilines is 1. The molecule has 0 aromatic heterocycles. The van der Waals surface area contributed by atoms with Crippen LogP contribution in [-0.4, -0.2) is 60.5 Å². The van der Waals surface area contributed by atoms with Crippen LogP contribution in [0.5, 0.6) is 0 Å². The SMILES string of the molecule is CC(NC(=O)c1ccc(N(C)C)cc1)C(=O)N1CCCC1C(=O)O. The lowest BCUT2D eigenvalue weighted by atomic mass is 10.1. The Morgan fingerprint density at radius 3 is 2.42 bits per heavy atom. The third-order valence-corrected chi connectivity index (χ3v) is 4.18. The summed E-state index contributed by atoms with van der Waals surface area (Å²) in [5.41, 5.74) is 1.42. The molecule has 2 atom stereocenters. The second kappa shape index (κ2) is 7.33. The Morgan fingerprint density at radius 2 is 1.88 bits per heavy atom. The lowest BCUT2D eigenvalue weighted by Crippen LogP contribution is -2.50. The van der Waals surface area contributed by atoms with E-state index in [9.17, 15) is 14.4 Å². The molecule has 0 radical (unpaired) electrons. The quantitative estimate of drug-likeness (QED) is 0.837. The van der Waals surface area contributed by atoms with Crippen LogP contribution < -0.4 is 10.2 Å². The predicted molar refractivity (Wildman–Crippen MR) is 90.1 cm³/mol. The molecule has 1 fully saturated rings. The average molecular weight is 333 g/mol. The van der Waals surface area contributed by atoms with Gasteiger partial charge in [0.25, 0.3) is 5.91 Å². The molecule has 24 heavy (non-hydrogen) atoms. The van der Waals surface area contributed by atoms with Gasteiger partial charge in [0.15, 0.2) is 0 Å². The molecule has 130 valence electrons. The zero-order valence-corrected chi connectivity index (χ0v) is 14.2. The second-order valence-corrected chi connectivity index (χ2v) is 6.16. The molecule has 1 aliphatic heterocycles. The number of benzene rings is 1. The van der Waals surface area contributed by atoms with Gasteiger partial charge in [0.05, 0.1) is 0 Å². The Kier molecular flexibility index (Phi) is 5.43. The Labute approximate surface area is 141 Å². The molecule has 2 N–H and O–H groups in total. The van der Waals surface area contributed by atoms with Gasteiger partial charge in [-0.3, -0.25) is 9.59 Å². The molecule has 1 saturated heterocycles. The van der Waals surface area contributed by atoms with Crippen molar-refractivity contribution in [2.24, 2.45) is 0 Å². The Balaban J connectivity index is 2.00. The van der Waals surface area contributed by atoms with Crippen molar-refractivity contribution in [2.45, 2.75) is 31.8 Å². The van der Waals surface area contributed by atoms with Crippen LogP contribution >= 0.6 is 0 Å². The van der Waals surface area contributed by atoms with E-state index >= 15 is 0 Å². The molecule has 1 aromatic carbocycles. The van der Waals surface area contributed by atoms with Crippen molar-refractivity contribution in [3.8, 4) is 0 Å². The number of carbonyl (C=O) groups excluding carboxylic acids is 2. The van der Waals surface area contributed by atoms with Crippen LogP contribution in [0, 0.1) is 0 Å². The zero-order chi connectivity index (χ0) is 17.9. The smallest absolute Gasteiger partial charge is 0.326 e. The van der Waals surface area contributed by atoms with Crippen molar-refractivity contribution in [1.29, 1.82) is 0 Å². The summed E-state index contributed by atoms with van der Waals surface area (Å²) >= 11 is 0. The molecule has 1 aliphatic rings. The number of aliphatic carboxylic acids is 1. The van der Waals surface area contributed by atoms with Crippen LogP contribution in [0.1, 0.15) is 30.1 Å². The third kappa shape index (κ3) is 3.84. The van der Waals surface area contributed by atoms with Crippen molar-refractivity contribution in [1.82, 2.24) is 10.2 Å². The molecular formula is C17H23N3O4. The van der Waals surface area contributed by atoms with E-state index in [0.717, 1.165) is 5.69 Å². The number of nitrogens with zero attached hydrogens (tertiary/aromatic N) is 2. The molecule has 1 heterocycles. The molecule has 0 bridgehead atoms. The Hall–Kier alpha value is -2.57. The minimum Gasteiger partial charge on any atom is -0.480 e. The summed E-state index contributed by atoms with van der Waals surface area (Å²) in [4.78, 5) is 39.1. The molecule has 0 saturated carbocycles. The van der Waals surface area contributed by atoms with Crippen molar-refractivity contribution in [3.05, 3.63) is 29.8 Å². The fourth-order valence-electron chi connectivity index (χ4n) is 2.79. The normalized spacial score (nSPS) is 18.1. The van der Waals surface area contributed by atoms with Gasteiger partial charge in [-0.15, -0.1) is 0 Å². The van der Waals surface area contributed by atoms with Crippen LogP contribution in [-0.2, 0) is 9.59 Å². The molecule has 7 heteroatoms. The number of likely N-dealkylation sites (tertiary alicyclic amines) is 1. The first-order valence-electron chi connectivity index (χ1n) is 7.93. The summed E-state index contributed by atoms with van der Waals surface area (Å²) in [5.74, 6) is -1.72. The molecular weight excluding hydrogens is 310 g/mol. The molecule has 0 aliphatic carbocycles. The number of carbonyl (C=O) groups is 3. The number of amides is 2. The van der Waals surface area contributed by atoms with Gasteiger partial charge in [0.1, 0.15) is 12.1 Å². The predicted octanol–water partition coefficient (Wildman–Crippen LogP) is 0.947. The average Bonchev–Trinajstić information content (AvgIpc) is 3.03. The van der Waals surface area contributed by atoms with Crippen LogP contribution in [0.25, 0.3) is 0 Å². The summed E-state index contributed by atoms with van der Waals surface area (Å²) in [6, 6.07) is 5.46. The zero-order valence-electron chi connectivity index (χ0n) is 14.2. The minimum atomic E-state index is -1.00. The lowest BCUT2D eigenvalue weighted by molar-refractivity contribution is -0.148. The van der Waals surface area contributed by atoms with Crippen LogP contribution in [0.2, 0.25) is 0 Å². The summed E-state index contributed by atoms with van der Waals surface area (Å²) in [6.07, 6.45) is 1.11. The van der Waals surface area contributed by atoms with Crippen molar-refractivity contribution in [2.75, 3.05) is 25.5 Å². The first-order valence-corrected chi connectivity index (χ1v) is 7.93. The number of hydrogen-bond acceptors (Lipinski definition) is 4. The fraction of sp³-hybridized carbons (Fsp3) is 0.471. The van der Waals surface area contributed by atoms with Gasteiger partial charge < -0.3 is 20.2 Å². The maximum atomic E-state index is 12.4. The maximum absolute atomic E-state index is 12.4. The fourth-order valence-corrected chi connectivity index (χ4v) is 2.79. The molecule has 0 spiro atoms. The summed E-state index contributed by atoms with van der Waals surface area (Å²) < 4.78 is 0. The third-order valence-electron chi connectivity index (χ3n) is 4.18. The van der Waals surface area contributed by atoms with Gasteiger partial charge in [-0.1, -0.05) is 0 Å². The van der Waals surface area contributed by atoms with Crippen molar-refractivity contribution in [3.63, 3.8) is 0 Å². The van der Waals surface area contributed by atoms with E-state index in [0.29, 0.717) is 24.9 Å². The minimum absolute atomic E-state index is 0.354.